The Bertz CT molecular complexity index is 383. The van der Waals surface area contributed by atoms with Gasteiger partial charge in [-0.25, -0.2) is 0 Å². The van der Waals surface area contributed by atoms with Crippen LogP contribution in [0, 0.1) is 5.41 Å². The lowest BCUT2D eigenvalue weighted by Gasteiger charge is -2.30. The molecule has 0 radical (unpaired) electrons. The fourth-order valence-corrected chi connectivity index (χ4v) is 2.59. The van der Waals surface area contributed by atoms with Crippen molar-refractivity contribution in [2.75, 3.05) is 33.2 Å². The van der Waals surface area contributed by atoms with Crippen molar-refractivity contribution in [3.8, 4) is 0 Å². The van der Waals surface area contributed by atoms with Gasteiger partial charge in [0.25, 0.3) is 0 Å². The van der Waals surface area contributed by atoms with E-state index < -0.39 is 5.41 Å². The first-order chi connectivity index (χ1) is 11.2. The van der Waals surface area contributed by atoms with Crippen molar-refractivity contribution < 1.29 is 4.79 Å². The summed E-state index contributed by atoms with van der Waals surface area (Å²) in [6.07, 6.45) is 1.05. The molecular formula is C18H39N5O. The first kappa shape index (κ1) is 22.7. The van der Waals surface area contributed by atoms with E-state index in [4.69, 9.17) is 0 Å². The lowest BCUT2D eigenvalue weighted by atomic mass is 9.92. The quantitative estimate of drug-likeness (QED) is 0.322. The SMILES string of the molecule is CCNC(=O)C(C)(C)CNC(=NC)NCCCN(C(C)C)C(C)C. The van der Waals surface area contributed by atoms with Crippen LogP contribution in [0.25, 0.3) is 0 Å². The zero-order chi connectivity index (χ0) is 18.8. The fraction of sp³-hybridized carbons (Fsp3) is 0.889. The summed E-state index contributed by atoms with van der Waals surface area (Å²) in [4.78, 5) is 18.7. The van der Waals surface area contributed by atoms with Crippen LogP contribution < -0.4 is 16.0 Å². The van der Waals surface area contributed by atoms with Gasteiger partial charge in [0, 0.05) is 45.3 Å². The lowest BCUT2D eigenvalue weighted by Crippen LogP contribution is -2.48. The number of hydrogen-bond acceptors (Lipinski definition) is 3. The molecule has 3 N–H and O–H groups in total. The Morgan fingerprint density at radius 3 is 2.12 bits per heavy atom. The molecule has 0 aliphatic carbocycles. The van der Waals surface area contributed by atoms with Crippen molar-refractivity contribution >= 4 is 11.9 Å². The molecule has 142 valence electrons. The van der Waals surface area contributed by atoms with Gasteiger partial charge in [-0.3, -0.25) is 14.7 Å². The van der Waals surface area contributed by atoms with E-state index in [1.54, 1.807) is 7.05 Å². The maximum Gasteiger partial charge on any atom is 0.227 e. The van der Waals surface area contributed by atoms with Gasteiger partial charge in [-0.05, 0) is 54.9 Å². The molecule has 1 amide bonds. The van der Waals surface area contributed by atoms with Crippen LogP contribution in [0.3, 0.4) is 0 Å². The third kappa shape index (κ3) is 8.52. The summed E-state index contributed by atoms with van der Waals surface area (Å²) >= 11 is 0. The van der Waals surface area contributed by atoms with E-state index in [9.17, 15) is 4.79 Å². The van der Waals surface area contributed by atoms with E-state index in [1.807, 2.05) is 20.8 Å². The molecule has 0 aliphatic heterocycles. The molecule has 0 unspecified atom stereocenters. The minimum atomic E-state index is -0.473. The molecule has 0 aliphatic rings. The molecule has 0 fully saturated rings. The molecule has 0 saturated carbocycles. The first-order valence-corrected chi connectivity index (χ1v) is 9.14. The van der Waals surface area contributed by atoms with E-state index in [2.05, 4.69) is 53.5 Å². The molecule has 0 aromatic heterocycles. The summed E-state index contributed by atoms with van der Waals surface area (Å²) in [5, 5.41) is 9.44. The number of guanidine groups is 1. The number of rotatable bonds is 10. The van der Waals surface area contributed by atoms with Crippen molar-refractivity contribution in [1.82, 2.24) is 20.9 Å². The van der Waals surface area contributed by atoms with Crippen LogP contribution in [0.15, 0.2) is 4.99 Å². The Labute approximate surface area is 148 Å². The highest BCUT2D eigenvalue weighted by Gasteiger charge is 2.27. The topological polar surface area (TPSA) is 68.8 Å². The summed E-state index contributed by atoms with van der Waals surface area (Å²) < 4.78 is 0. The molecule has 0 heterocycles. The Kier molecular flexibility index (Phi) is 10.7. The number of aliphatic imine (C=N–C) groups is 1. The van der Waals surface area contributed by atoms with Crippen LogP contribution in [0.1, 0.15) is 54.9 Å². The minimum Gasteiger partial charge on any atom is -0.356 e. The van der Waals surface area contributed by atoms with Crippen molar-refractivity contribution in [2.24, 2.45) is 10.4 Å². The number of nitrogens with one attached hydrogen (secondary N) is 3. The molecule has 0 rings (SSSR count). The van der Waals surface area contributed by atoms with E-state index >= 15 is 0 Å². The minimum absolute atomic E-state index is 0.0532. The van der Waals surface area contributed by atoms with Gasteiger partial charge in [0.1, 0.15) is 0 Å². The van der Waals surface area contributed by atoms with Crippen molar-refractivity contribution in [1.29, 1.82) is 0 Å². The predicted octanol–water partition coefficient (Wildman–Crippen LogP) is 1.82. The molecule has 24 heavy (non-hydrogen) atoms. The predicted molar refractivity (Wildman–Crippen MR) is 103 cm³/mol. The Morgan fingerprint density at radius 1 is 1.08 bits per heavy atom. The Morgan fingerprint density at radius 2 is 1.67 bits per heavy atom. The highest BCUT2D eigenvalue weighted by Crippen LogP contribution is 2.13. The standard InChI is InChI=1S/C18H39N5O/c1-9-20-16(24)18(6,7)13-22-17(19-8)21-11-10-12-23(14(2)3)15(4)5/h14-15H,9-13H2,1-8H3,(H,20,24)(H2,19,21,22). The van der Waals surface area contributed by atoms with Gasteiger partial charge in [-0.2, -0.15) is 0 Å². The van der Waals surface area contributed by atoms with Gasteiger partial charge in [0.2, 0.25) is 5.91 Å². The summed E-state index contributed by atoms with van der Waals surface area (Å²) in [6.45, 7) is 17.8. The highest BCUT2D eigenvalue weighted by molar-refractivity contribution is 5.84. The van der Waals surface area contributed by atoms with Gasteiger partial charge in [0.05, 0.1) is 5.41 Å². The van der Waals surface area contributed by atoms with Crippen LogP contribution in [-0.2, 0) is 4.79 Å². The van der Waals surface area contributed by atoms with Gasteiger partial charge in [0.15, 0.2) is 5.96 Å². The van der Waals surface area contributed by atoms with E-state index in [1.165, 1.54) is 0 Å². The number of carbonyl (C=O) groups is 1. The number of nitrogens with zero attached hydrogens (tertiary/aromatic N) is 2. The molecule has 0 aromatic rings. The van der Waals surface area contributed by atoms with Crippen LogP contribution in [0.4, 0.5) is 0 Å². The molecule has 0 atom stereocenters. The maximum absolute atomic E-state index is 12.0. The third-order valence-corrected chi connectivity index (χ3v) is 4.09. The molecule has 6 nitrogen and oxygen atoms in total. The van der Waals surface area contributed by atoms with E-state index in [0.717, 1.165) is 25.5 Å². The Balaban J connectivity index is 4.24. The number of hydrogen-bond donors (Lipinski definition) is 3. The monoisotopic (exact) mass is 341 g/mol. The zero-order valence-corrected chi connectivity index (χ0v) is 17.0. The zero-order valence-electron chi connectivity index (χ0n) is 17.0. The van der Waals surface area contributed by atoms with Crippen LogP contribution in [0.2, 0.25) is 0 Å². The fourth-order valence-electron chi connectivity index (χ4n) is 2.59. The number of amides is 1. The van der Waals surface area contributed by atoms with Gasteiger partial charge < -0.3 is 16.0 Å². The lowest BCUT2D eigenvalue weighted by molar-refractivity contribution is -0.128. The first-order valence-electron chi connectivity index (χ1n) is 9.14. The van der Waals surface area contributed by atoms with E-state index in [-0.39, 0.29) is 5.91 Å². The normalized spacial score (nSPS) is 12.9. The molecular weight excluding hydrogens is 302 g/mol. The van der Waals surface area contributed by atoms with Gasteiger partial charge in [-0.15, -0.1) is 0 Å². The second-order valence-electron chi connectivity index (χ2n) is 7.37. The third-order valence-electron chi connectivity index (χ3n) is 4.09. The second kappa shape index (κ2) is 11.3. The Hall–Kier alpha value is -1.30. The molecule has 6 heteroatoms. The summed E-state index contributed by atoms with van der Waals surface area (Å²) in [6, 6.07) is 1.11. The molecule has 0 saturated heterocycles. The number of carbonyl (C=O) groups excluding carboxylic acids is 1. The van der Waals surface area contributed by atoms with Crippen LogP contribution >= 0.6 is 0 Å². The highest BCUT2D eigenvalue weighted by atomic mass is 16.2. The van der Waals surface area contributed by atoms with E-state index in [0.29, 0.717) is 25.2 Å². The second-order valence-corrected chi connectivity index (χ2v) is 7.37. The smallest absolute Gasteiger partial charge is 0.227 e. The summed E-state index contributed by atoms with van der Waals surface area (Å²) in [5.41, 5.74) is -0.473. The van der Waals surface area contributed by atoms with Crippen LogP contribution in [0.5, 0.6) is 0 Å². The largest absolute Gasteiger partial charge is 0.356 e. The van der Waals surface area contributed by atoms with Crippen molar-refractivity contribution in [3.63, 3.8) is 0 Å². The molecule has 0 spiro atoms. The van der Waals surface area contributed by atoms with Gasteiger partial charge >= 0.3 is 0 Å². The summed E-state index contributed by atoms with van der Waals surface area (Å²) in [7, 11) is 1.75. The average molecular weight is 342 g/mol. The van der Waals surface area contributed by atoms with Crippen molar-refractivity contribution in [2.45, 2.75) is 67.0 Å². The molecule has 0 aromatic carbocycles. The summed E-state index contributed by atoms with van der Waals surface area (Å²) in [5.74, 6) is 0.797. The van der Waals surface area contributed by atoms with Crippen molar-refractivity contribution in [3.05, 3.63) is 0 Å². The maximum atomic E-state index is 12.0. The van der Waals surface area contributed by atoms with Crippen LogP contribution in [-0.4, -0.2) is 62.1 Å². The average Bonchev–Trinajstić information content (AvgIpc) is 2.49. The van der Waals surface area contributed by atoms with Gasteiger partial charge in [-0.1, -0.05) is 0 Å². The molecule has 0 bridgehead atoms.